The molecule has 9 heteroatoms. The molecule has 0 radical (unpaired) electrons. The van der Waals surface area contributed by atoms with Crippen molar-refractivity contribution in [2.24, 2.45) is 10.9 Å². The molecular formula is C19H30F2IN3O3. The molecule has 1 aromatic rings. The third-order valence-electron chi connectivity index (χ3n) is 4.18. The quantitative estimate of drug-likeness (QED) is 0.194. The third-order valence-corrected chi connectivity index (χ3v) is 4.18. The summed E-state index contributed by atoms with van der Waals surface area (Å²) < 4.78 is 40.1. The second-order valence-electron chi connectivity index (χ2n) is 6.41. The summed E-state index contributed by atoms with van der Waals surface area (Å²) in [5, 5.41) is 6.43. The van der Waals surface area contributed by atoms with Crippen LogP contribution >= 0.6 is 24.0 Å². The second kappa shape index (κ2) is 13.8. The summed E-state index contributed by atoms with van der Waals surface area (Å²) in [7, 11) is 3.13. The van der Waals surface area contributed by atoms with Gasteiger partial charge in [-0.2, -0.15) is 8.78 Å². The number of methoxy groups -OCH3 is 1. The van der Waals surface area contributed by atoms with E-state index in [-0.39, 0.29) is 35.5 Å². The summed E-state index contributed by atoms with van der Waals surface area (Å²) in [5.74, 6) is 1.82. The number of rotatable bonds is 12. The van der Waals surface area contributed by atoms with E-state index in [4.69, 9.17) is 9.47 Å². The Balaban J connectivity index is 0.00000392. The van der Waals surface area contributed by atoms with E-state index in [1.807, 2.05) is 6.07 Å². The smallest absolute Gasteiger partial charge is 0.387 e. The van der Waals surface area contributed by atoms with Crippen molar-refractivity contribution in [3.05, 3.63) is 23.8 Å². The minimum atomic E-state index is -2.89. The minimum absolute atomic E-state index is 0. The molecule has 0 aliphatic heterocycles. The van der Waals surface area contributed by atoms with Crippen LogP contribution in [0.4, 0.5) is 8.78 Å². The zero-order valence-corrected chi connectivity index (χ0v) is 18.7. The SMILES string of the molecule is CN=C(NCCCOCC1CC1)NCCc1ccc(OC)c(OC(F)F)c1.I. The molecule has 6 nitrogen and oxygen atoms in total. The van der Waals surface area contributed by atoms with Crippen molar-refractivity contribution in [3.63, 3.8) is 0 Å². The fourth-order valence-electron chi connectivity index (χ4n) is 2.53. The first kappa shape index (κ1) is 24.7. The molecule has 0 heterocycles. The molecule has 0 spiro atoms. The zero-order chi connectivity index (χ0) is 19.5. The van der Waals surface area contributed by atoms with Crippen molar-refractivity contribution < 1.29 is 23.0 Å². The molecule has 0 unspecified atom stereocenters. The maximum atomic E-state index is 12.5. The molecule has 2 N–H and O–H groups in total. The van der Waals surface area contributed by atoms with Crippen LogP contribution in [-0.2, 0) is 11.2 Å². The number of hydrogen-bond acceptors (Lipinski definition) is 4. The lowest BCUT2D eigenvalue weighted by molar-refractivity contribution is -0.0512. The minimum Gasteiger partial charge on any atom is -0.493 e. The molecule has 0 saturated heterocycles. The first-order chi connectivity index (χ1) is 13.1. The van der Waals surface area contributed by atoms with Gasteiger partial charge in [-0.05, 0) is 49.3 Å². The van der Waals surface area contributed by atoms with Crippen LogP contribution in [0.5, 0.6) is 11.5 Å². The van der Waals surface area contributed by atoms with Gasteiger partial charge >= 0.3 is 6.61 Å². The Morgan fingerprint density at radius 3 is 2.61 bits per heavy atom. The van der Waals surface area contributed by atoms with Gasteiger partial charge in [0.15, 0.2) is 17.5 Å². The number of guanidine groups is 1. The van der Waals surface area contributed by atoms with Crippen LogP contribution < -0.4 is 20.1 Å². The van der Waals surface area contributed by atoms with Crippen LogP contribution in [-0.4, -0.2) is 53.0 Å². The largest absolute Gasteiger partial charge is 0.493 e. The summed E-state index contributed by atoms with van der Waals surface area (Å²) >= 11 is 0. The Hall–Kier alpha value is -1.36. The van der Waals surface area contributed by atoms with Crippen molar-refractivity contribution in [3.8, 4) is 11.5 Å². The Kier molecular flexibility index (Phi) is 12.1. The van der Waals surface area contributed by atoms with Gasteiger partial charge in [-0.25, -0.2) is 0 Å². The van der Waals surface area contributed by atoms with Crippen LogP contribution in [0.3, 0.4) is 0 Å². The van der Waals surface area contributed by atoms with Crippen molar-refractivity contribution in [1.29, 1.82) is 0 Å². The molecule has 1 aromatic carbocycles. The van der Waals surface area contributed by atoms with Crippen molar-refractivity contribution >= 4 is 29.9 Å². The average Bonchev–Trinajstić information content (AvgIpc) is 3.47. The van der Waals surface area contributed by atoms with E-state index < -0.39 is 6.61 Å². The monoisotopic (exact) mass is 513 g/mol. The number of nitrogens with one attached hydrogen (secondary N) is 2. The standard InChI is InChI=1S/C19H29F2N3O3.HI/c1-22-19(23-9-3-11-26-13-15-4-5-15)24-10-8-14-6-7-16(25-2)17(12-14)27-18(20)21;/h6-7,12,15,18H,3-5,8-11,13H2,1-2H3,(H2,22,23,24);1H. The molecule has 160 valence electrons. The van der Waals surface area contributed by atoms with Gasteiger partial charge in [0, 0.05) is 33.4 Å². The number of alkyl halides is 2. The fraction of sp³-hybridized carbons (Fsp3) is 0.632. The van der Waals surface area contributed by atoms with E-state index in [0.29, 0.717) is 18.9 Å². The molecule has 2 rings (SSSR count). The molecule has 28 heavy (non-hydrogen) atoms. The van der Waals surface area contributed by atoms with E-state index in [0.717, 1.165) is 37.7 Å². The lowest BCUT2D eigenvalue weighted by Crippen LogP contribution is -2.39. The predicted molar refractivity (Wildman–Crippen MR) is 116 cm³/mol. The third kappa shape index (κ3) is 9.72. The number of hydrogen-bond donors (Lipinski definition) is 2. The number of nitrogens with zero attached hydrogens (tertiary/aromatic N) is 1. The maximum Gasteiger partial charge on any atom is 0.387 e. The first-order valence-corrected chi connectivity index (χ1v) is 9.26. The van der Waals surface area contributed by atoms with Gasteiger partial charge in [0.1, 0.15) is 0 Å². The normalized spacial score (nSPS) is 13.8. The van der Waals surface area contributed by atoms with Crippen molar-refractivity contribution in [2.75, 3.05) is 40.5 Å². The maximum absolute atomic E-state index is 12.5. The van der Waals surface area contributed by atoms with Crippen LogP contribution in [0.2, 0.25) is 0 Å². The van der Waals surface area contributed by atoms with Crippen LogP contribution in [0.1, 0.15) is 24.8 Å². The number of aliphatic imine (C=N–C) groups is 1. The zero-order valence-electron chi connectivity index (χ0n) is 16.4. The molecule has 0 aromatic heterocycles. The van der Waals surface area contributed by atoms with Gasteiger partial charge in [0.05, 0.1) is 7.11 Å². The van der Waals surface area contributed by atoms with Gasteiger partial charge in [-0.15, -0.1) is 24.0 Å². The molecule has 1 fully saturated rings. The molecule has 0 atom stereocenters. The molecule has 1 aliphatic carbocycles. The van der Waals surface area contributed by atoms with Gasteiger partial charge in [-0.3, -0.25) is 4.99 Å². The molecule has 1 aliphatic rings. The highest BCUT2D eigenvalue weighted by Crippen LogP contribution is 2.29. The van der Waals surface area contributed by atoms with Gasteiger partial charge in [-0.1, -0.05) is 6.07 Å². The van der Waals surface area contributed by atoms with Gasteiger partial charge < -0.3 is 24.8 Å². The summed E-state index contributed by atoms with van der Waals surface area (Å²) in [4.78, 5) is 4.17. The summed E-state index contributed by atoms with van der Waals surface area (Å²) in [6.07, 6.45) is 4.16. The molecule has 0 amide bonds. The number of benzene rings is 1. The topological polar surface area (TPSA) is 64.1 Å². The van der Waals surface area contributed by atoms with Crippen molar-refractivity contribution in [1.82, 2.24) is 10.6 Å². The van der Waals surface area contributed by atoms with E-state index in [2.05, 4.69) is 20.4 Å². The highest BCUT2D eigenvalue weighted by atomic mass is 127. The highest BCUT2D eigenvalue weighted by Gasteiger charge is 2.20. The van der Waals surface area contributed by atoms with Crippen LogP contribution in [0.25, 0.3) is 0 Å². The molecule has 1 saturated carbocycles. The van der Waals surface area contributed by atoms with E-state index in [9.17, 15) is 8.78 Å². The molecule has 0 bridgehead atoms. The Morgan fingerprint density at radius 2 is 1.96 bits per heavy atom. The van der Waals surface area contributed by atoms with Gasteiger partial charge in [0.25, 0.3) is 0 Å². The predicted octanol–water partition coefficient (Wildman–Crippen LogP) is 3.44. The summed E-state index contributed by atoms with van der Waals surface area (Å²) in [6, 6.07) is 5.02. The average molecular weight is 513 g/mol. The second-order valence-corrected chi connectivity index (χ2v) is 6.41. The van der Waals surface area contributed by atoms with E-state index in [1.165, 1.54) is 20.0 Å². The van der Waals surface area contributed by atoms with Crippen LogP contribution in [0.15, 0.2) is 23.2 Å². The molecular weight excluding hydrogens is 483 g/mol. The Labute approximate surface area is 182 Å². The summed E-state index contributed by atoms with van der Waals surface area (Å²) in [5.41, 5.74) is 0.864. The Morgan fingerprint density at radius 1 is 1.21 bits per heavy atom. The van der Waals surface area contributed by atoms with Gasteiger partial charge in [0.2, 0.25) is 0 Å². The number of ether oxygens (including phenoxy) is 3. The lowest BCUT2D eigenvalue weighted by atomic mass is 10.1. The Bertz CT molecular complexity index is 602. The van der Waals surface area contributed by atoms with E-state index in [1.54, 1.807) is 19.2 Å². The summed E-state index contributed by atoms with van der Waals surface area (Å²) in [6.45, 7) is 0.131. The lowest BCUT2D eigenvalue weighted by Gasteiger charge is -2.13. The van der Waals surface area contributed by atoms with Crippen LogP contribution in [0, 0.1) is 5.92 Å². The first-order valence-electron chi connectivity index (χ1n) is 9.26. The highest BCUT2D eigenvalue weighted by molar-refractivity contribution is 14.0. The fourth-order valence-corrected chi connectivity index (χ4v) is 2.53. The van der Waals surface area contributed by atoms with E-state index >= 15 is 0 Å². The number of halogens is 3. The van der Waals surface area contributed by atoms with Crippen molar-refractivity contribution in [2.45, 2.75) is 32.3 Å².